The van der Waals surface area contributed by atoms with Gasteiger partial charge in [-0.3, -0.25) is 0 Å². The third-order valence-corrected chi connectivity index (χ3v) is 3.35. The zero-order chi connectivity index (χ0) is 18.3. The molecule has 8 nitrogen and oxygen atoms in total. The van der Waals surface area contributed by atoms with Gasteiger partial charge in [-0.2, -0.15) is 0 Å². The van der Waals surface area contributed by atoms with E-state index in [2.05, 4.69) is 5.32 Å². The third kappa shape index (κ3) is 5.24. The maximum Gasteiger partial charge on any atom is 0.335 e. The third-order valence-electron chi connectivity index (χ3n) is 3.35. The minimum atomic E-state index is -2.27. The molecule has 134 valence electrons. The van der Waals surface area contributed by atoms with Crippen molar-refractivity contribution in [1.82, 2.24) is 5.32 Å². The maximum absolute atomic E-state index is 13.5. The number of carboxylic acids is 2. The van der Waals surface area contributed by atoms with E-state index in [9.17, 15) is 14.0 Å². The molecule has 0 bridgehead atoms. The van der Waals surface area contributed by atoms with Gasteiger partial charge in [0.2, 0.25) is 0 Å². The molecule has 1 aromatic rings. The van der Waals surface area contributed by atoms with Crippen molar-refractivity contribution in [2.75, 3.05) is 20.2 Å². The molecule has 2 rings (SSSR count). The molecule has 1 heterocycles. The number of aliphatic carboxylic acids is 2. The normalized spacial score (nSPS) is 18.6. The summed E-state index contributed by atoms with van der Waals surface area (Å²) in [5.41, 5.74) is 1.81. The molecule has 0 aromatic heterocycles. The number of likely N-dealkylation sites (N-methyl/N-ethyl adjacent to an activating group) is 1. The molecule has 3 atom stereocenters. The second-order valence-electron chi connectivity index (χ2n) is 5.05. The van der Waals surface area contributed by atoms with E-state index in [4.69, 9.17) is 25.2 Å². The monoisotopic (exact) mass is 345 g/mol. The number of rotatable bonds is 5. The summed E-state index contributed by atoms with van der Waals surface area (Å²) in [7, 11) is 1.85. The van der Waals surface area contributed by atoms with E-state index in [-0.39, 0.29) is 11.9 Å². The van der Waals surface area contributed by atoms with Gasteiger partial charge in [0.25, 0.3) is 0 Å². The molecule has 0 saturated heterocycles. The van der Waals surface area contributed by atoms with Crippen LogP contribution in [-0.4, -0.2) is 64.8 Å². The number of aliphatic hydroxyl groups is 2. The number of hydrogen-bond acceptors (Lipinski definition) is 6. The summed E-state index contributed by atoms with van der Waals surface area (Å²) in [6.07, 6.45) is -3.85. The molecule has 0 unspecified atom stereocenters. The quantitative estimate of drug-likeness (QED) is 0.483. The first-order chi connectivity index (χ1) is 11.3. The standard InChI is InChI=1S/C11H14FNO.C4H6O6/c1-13-7-10-11-8(5-6-14-10)3-2-4-9(11)12;5-1(3(7)8)2(6)4(9)10/h2-4,10,13H,5-7H2,1H3;1-2,5-6H,(H,7,8)(H,9,10)/t10-;1-,2-/m01/s1. The number of ether oxygens (including phenoxy) is 1. The van der Waals surface area contributed by atoms with Crippen LogP contribution >= 0.6 is 0 Å². The van der Waals surface area contributed by atoms with Crippen LogP contribution in [0.3, 0.4) is 0 Å². The van der Waals surface area contributed by atoms with Gasteiger partial charge in [0, 0.05) is 12.1 Å². The summed E-state index contributed by atoms with van der Waals surface area (Å²) < 4.78 is 19.1. The largest absolute Gasteiger partial charge is 0.479 e. The number of nitrogens with one attached hydrogen (secondary N) is 1. The van der Waals surface area contributed by atoms with E-state index in [1.54, 1.807) is 6.07 Å². The van der Waals surface area contributed by atoms with Gasteiger partial charge in [0.1, 0.15) is 5.82 Å². The van der Waals surface area contributed by atoms with E-state index in [0.29, 0.717) is 13.2 Å². The van der Waals surface area contributed by atoms with Crippen molar-refractivity contribution in [3.63, 3.8) is 0 Å². The summed E-state index contributed by atoms with van der Waals surface area (Å²) >= 11 is 0. The first-order valence-electron chi connectivity index (χ1n) is 7.14. The molecule has 9 heteroatoms. The number of fused-ring (bicyclic) bond motifs is 1. The van der Waals surface area contributed by atoms with Crippen LogP contribution in [0.5, 0.6) is 0 Å². The van der Waals surface area contributed by atoms with E-state index in [1.807, 2.05) is 13.1 Å². The van der Waals surface area contributed by atoms with Gasteiger partial charge in [-0.25, -0.2) is 14.0 Å². The van der Waals surface area contributed by atoms with E-state index < -0.39 is 24.1 Å². The maximum atomic E-state index is 13.5. The van der Waals surface area contributed by atoms with Crippen LogP contribution in [0.1, 0.15) is 17.2 Å². The lowest BCUT2D eigenvalue weighted by molar-refractivity contribution is -0.165. The number of carboxylic acid groups (broad SMARTS) is 2. The Labute approximate surface area is 137 Å². The summed E-state index contributed by atoms with van der Waals surface area (Å²) in [5.74, 6) is -3.69. The lowest BCUT2D eigenvalue weighted by Crippen LogP contribution is -2.39. The van der Waals surface area contributed by atoms with E-state index in [0.717, 1.165) is 17.5 Å². The predicted molar refractivity (Wildman–Crippen MR) is 80.0 cm³/mol. The van der Waals surface area contributed by atoms with Crippen LogP contribution in [0.2, 0.25) is 0 Å². The van der Waals surface area contributed by atoms with Crippen molar-refractivity contribution in [2.45, 2.75) is 24.7 Å². The highest BCUT2D eigenvalue weighted by molar-refractivity contribution is 5.83. The molecular weight excluding hydrogens is 325 g/mol. The Morgan fingerprint density at radius 2 is 1.88 bits per heavy atom. The van der Waals surface area contributed by atoms with Crippen molar-refractivity contribution in [1.29, 1.82) is 0 Å². The van der Waals surface area contributed by atoms with Gasteiger partial charge >= 0.3 is 11.9 Å². The summed E-state index contributed by atoms with van der Waals surface area (Å²) in [6, 6.07) is 5.23. The second-order valence-corrected chi connectivity index (χ2v) is 5.05. The minimum absolute atomic E-state index is 0.134. The fourth-order valence-electron chi connectivity index (χ4n) is 2.17. The fraction of sp³-hybridized carbons (Fsp3) is 0.467. The molecule has 0 spiro atoms. The fourth-order valence-corrected chi connectivity index (χ4v) is 2.17. The van der Waals surface area contributed by atoms with E-state index >= 15 is 0 Å². The molecule has 1 aliphatic rings. The molecular formula is C15H20FNO7. The van der Waals surface area contributed by atoms with Crippen LogP contribution in [0.25, 0.3) is 0 Å². The molecule has 1 aliphatic heterocycles. The highest BCUT2D eigenvalue weighted by atomic mass is 19.1. The summed E-state index contributed by atoms with van der Waals surface area (Å²) in [6.45, 7) is 1.34. The Kier molecular flexibility index (Phi) is 7.72. The Hall–Kier alpha value is -2.07. The van der Waals surface area contributed by atoms with Crippen LogP contribution in [-0.2, 0) is 20.7 Å². The van der Waals surface area contributed by atoms with Gasteiger partial charge < -0.3 is 30.5 Å². The molecule has 0 aliphatic carbocycles. The molecule has 5 N–H and O–H groups in total. The van der Waals surface area contributed by atoms with Gasteiger partial charge in [-0.15, -0.1) is 0 Å². The Balaban J connectivity index is 0.000000257. The molecule has 0 radical (unpaired) electrons. The lowest BCUT2D eigenvalue weighted by Gasteiger charge is -2.26. The molecule has 1 aromatic carbocycles. The number of halogens is 1. The highest BCUT2D eigenvalue weighted by Crippen LogP contribution is 2.28. The average molecular weight is 345 g/mol. The average Bonchev–Trinajstić information content (AvgIpc) is 2.54. The summed E-state index contributed by atoms with van der Waals surface area (Å²) in [4.78, 5) is 19.5. The molecule has 0 amide bonds. The lowest BCUT2D eigenvalue weighted by atomic mass is 9.97. The van der Waals surface area contributed by atoms with Crippen LogP contribution < -0.4 is 5.32 Å². The van der Waals surface area contributed by atoms with Crippen LogP contribution in [0.4, 0.5) is 4.39 Å². The van der Waals surface area contributed by atoms with Crippen molar-refractivity contribution >= 4 is 11.9 Å². The van der Waals surface area contributed by atoms with Crippen molar-refractivity contribution < 1.29 is 39.1 Å². The molecule has 24 heavy (non-hydrogen) atoms. The first kappa shape index (κ1) is 20.0. The SMILES string of the molecule is CNC[C@@H]1OCCc2cccc(F)c21.O=C(O)[C@H](O)[C@@H](O)C(=O)O. The Bertz CT molecular complexity index is 563. The van der Waals surface area contributed by atoms with E-state index in [1.165, 1.54) is 6.07 Å². The smallest absolute Gasteiger partial charge is 0.335 e. The second kappa shape index (κ2) is 9.28. The number of hydrogen-bond donors (Lipinski definition) is 5. The van der Waals surface area contributed by atoms with Gasteiger partial charge in [-0.1, -0.05) is 12.1 Å². The van der Waals surface area contributed by atoms with Crippen molar-refractivity contribution in [2.24, 2.45) is 0 Å². The van der Waals surface area contributed by atoms with Gasteiger partial charge in [0.05, 0.1) is 12.7 Å². The van der Waals surface area contributed by atoms with Crippen molar-refractivity contribution in [3.8, 4) is 0 Å². The Morgan fingerprint density at radius 1 is 1.29 bits per heavy atom. The molecule has 0 fully saturated rings. The number of carbonyl (C=O) groups is 2. The molecule has 0 saturated carbocycles. The Morgan fingerprint density at radius 3 is 2.38 bits per heavy atom. The topological polar surface area (TPSA) is 136 Å². The van der Waals surface area contributed by atoms with Crippen molar-refractivity contribution in [3.05, 3.63) is 35.1 Å². The zero-order valence-corrected chi connectivity index (χ0v) is 13.0. The zero-order valence-electron chi connectivity index (χ0n) is 13.0. The van der Waals surface area contributed by atoms with Gasteiger partial charge in [0.15, 0.2) is 12.2 Å². The number of benzene rings is 1. The van der Waals surface area contributed by atoms with Crippen LogP contribution in [0.15, 0.2) is 18.2 Å². The summed E-state index contributed by atoms with van der Waals surface area (Å²) in [5, 5.41) is 35.5. The van der Waals surface area contributed by atoms with Crippen LogP contribution in [0, 0.1) is 5.82 Å². The minimum Gasteiger partial charge on any atom is -0.479 e. The number of aliphatic hydroxyl groups excluding tert-OH is 2. The van der Waals surface area contributed by atoms with Gasteiger partial charge in [-0.05, 0) is 25.1 Å². The first-order valence-corrected chi connectivity index (χ1v) is 7.14. The predicted octanol–water partition coefficient (Wildman–Crippen LogP) is -0.464. The highest BCUT2D eigenvalue weighted by Gasteiger charge is 2.29.